The molecule has 0 atom stereocenters. The average Bonchev–Trinajstić information content (AvgIpc) is 2.98. The number of guanidine groups is 1. The molecule has 2 rings (SSSR count). The van der Waals surface area contributed by atoms with Crippen LogP contribution in [0, 0.1) is 0 Å². The van der Waals surface area contributed by atoms with Gasteiger partial charge in [0, 0.05) is 25.3 Å². The van der Waals surface area contributed by atoms with E-state index in [1.165, 1.54) is 25.9 Å². The zero-order chi connectivity index (χ0) is 14.4. The van der Waals surface area contributed by atoms with Gasteiger partial charge in [0.25, 0.3) is 0 Å². The Bertz CT molecular complexity index is 361. The van der Waals surface area contributed by atoms with E-state index in [4.69, 9.17) is 10.5 Å². The number of rotatable bonds is 5. The van der Waals surface area contributed by atoms with Crippen molar-refractivity contribution < 1.29 is 4.74 Å². The first-order chi connectivity index (χ1) is 9.62. The standard InChI is InChI=1S/C15H28N4O.HI/c1-13(2)11-17-14(16)18-12-15(5-9-20-10-6-15)19-7-3-4-8-19;/h1,3-12H2,2H3,(H3,16,17,18);1H. The van der Waals surface area contributed by atoms with Gasteiger partial charge in [-0.2, -0.15) is 0 Å². The lowest BCUT2D eigenvalue weighted by Crippen LogP contribution is -2.53. The zero-order valence-electron chi connectivity index (χ0n) is 13.1. The minimum atomic E-state index is 0. The summed E-state index contributed by atoms with van der Waals surface area (Å²) in [6.07, 6.45) is 4.72. The van der Waals surface area contributed by atoms with Gasteiger partial charge in [0.05, 0.1) is 6.54 Å². The van der Waals surface area contributed by atoms with Gasteiger partial charge < -0.3 is 15.8 Å². The number of nitrogens with two attached hydrogens (primary N) is 1. The molecular formula is C15H29IN4O. The van der Waals surface area contributed by atoms with Crippen LogP contribution >= 0.6 is 24.0 Å². The van der Waals surface area contributed by atoms with Crippen molar-refractivity contribution in [1.29, 1.82) is 0 Å². The number of likely N-dealkylation sites (tertiary alicyclic amines) is 1. The maximum atomic E-state index is 5.94. The van der Waals surface area contributed by atoms with Crippen molar-refractivity contribution in [2.75, 3.05) is 39.4 Å². The van der Waals surface area contributed by atoms with Crippen molar-refractivity contribution in [2.45, 2.75) is 38.1 Å². The van der Waals surface area contributed by atoms with Crippen LogP contribution in [-0.4, -0.2) is 55.8 Å². The average molecular weight is 408 g/mol. The Labute approximate surface area is 145 Å². The molecule has 0 unspecified atom stereocenters. The topological polar surface area (TPSA) is 62.9 Å². The summed E-state index contributed by atoms with van der Waals surface area (Å²) in [5, 5.41) is 3.11. The Hall–Kier alpha value is -0.340. The third-order valence-corrected chi connectivity index (χ3v) is 4.32. The molecule has 0 bridgehead atoms. The van der Waals surface area contributed by atoms with E-state index in [-0.39, 0.29) is 29.5 Å². The van der Waals surface area contributed by atoms with Gasteiger partial charge >= 0.3 is 0 Å². The van der Waals surface area contributed by atoms with Crippen LogP contribution in [0.2, 0.25) is 0 Å². The molecule has 0 amide bonds. The second-order valence-electron chi connectivity index (χ2n) is 6.04. The van der Waals surface area contributed by atoms with Gasteiger partial charge in [-0.05, 0) is 45.7 Å². The second-order valence-corrected chi connectivity index (χ2v) is 6.04. The minimum absolute atomic E-state index is 0. The predicted octanol–water partition coefficient (Wildman–Crippen LogP) is 1.73. The van der Waals surface area contributed by atoms with Crippen LogP contribution in [-0.2, 0) is 4.74 Å². The first-order valence-electron chi connectivity index (χ1n) is 7.63. The monoisotopic (exact) mass is 408 g/mol. The van der Waals surface area contributed by atoms with Crippen molar-refractivity contribution in [1.82, 2.24) is 10.2 Å². The van der Waals surface area contributed by atoms with E-state index in [2.05, 4.69) is 21.8 Å². The maximum absolute atomic E-state index is 5.94. The maximum Gasteiger partial charge on any atom is 0.188 e. The van der Waals surface area contributed by atoms with Crippen molar-refractivity contribution in [3.63, 3.8) is 0 Å². The van der Waals surface area contributed by atoms with Crippen LogP contribution in [0.25, 0.3) is 0 Å². The van der Waals surface area contributed by atoms with E-state index in [9.17, 15) is 0 Å². The number of hydrogen-bond donors (Lipinski definition) is 2. The summed E-state index contributed by atoms with van der Waals surface area (Å²) in [5.74, 6) is 0.526. The Balaban J connectivity index is 0.00000220. The van der Waals surface area contributed by atoms with Gasteiger partial charge in [0.15, 0.2) is 5.96 Å². The van der Waals surface area contributed by atoms with Crippen molar-refractivity contribution in [2.24, 2.45) is 10.7 Å². The summed E-state index contributed by atoms with van der Waals surface area (Å²) in [6, 6.07) is 0. The molecular weight excluding hydrogens is 379 g/mol. The van der Waals surface area contributed by atoms with Gasteiger partial charge in [-0.3, -0.25) is 9.89 Å². The number of ether oxygens (including phenoxy) is 1. The van der Waals surface area contributed by atoms with Gasteiger partial charge in [-0.25, -0.2) is 0 Å². The van der Waals surface area contributed by atoms with E-state index in [1.54, 1.807) is 0 Å². The van der Waals surface area contributed by atoms with Crippen LogP contribution in [0.15, 0.2) is 17.1 Å². The second kappa shape index (κ2) is 8.95. The van der Waals surface area contributed by atoms with Crippen LogP contribution < -0.4 is 11.1 Å². The summed E-state index contributed by atoms with van der Waals surface area (Å²) in [5.41, 5.74) is 7.16. The Kier molecular flexibility index (Phi) is 7.97. The predicted molar refractivity (Wildman–Crippen MR) is 98.3 cm³/mol. The number of aliphatic imine (C=N–C) groups is 1. The quantitative estimate of drug-likeness (QED) is 0.315. The van der Waals surface area contributed by atoms with E-state index in [0.29, 0.717) is 12.5 Å². The SMILES string of the molecule is C=C(C)CNC(N)=NCC1(N2CCCC2)CCOCC1.I. The fourth-order valence-electron chi connectivity index (χ4n) is 3.05. The van der Waals surface area contributed by atoms with Crippen LogP contribution in [0.5, 0.6) is 0 Å². The normalized spacial score (nSPS) is 22.6. The summed E-state index contributed by atoms with van der Waals surface area (Å²) >= 11 is 0. The highest BCUT2D eigenvalue weighted by atomic mass is 127. The van der Waals surface area contributed by atoms with E-state index < -0.39 is 0 Å². The van der Waals surface area contributed by atoms with Gasteiger partial charge in [-0.15, -0.1) is 24.0 Å². The Morgan fingerprint density at radius 1 is 1.33 bits per heavy atom. The molecule has 21 heavy (non-hydrogen) atoms. The van der Waals surface area contributed by atoms with Crippen LogP contribution in [0.3, 0.4) is 0 Å². The molecule has 2 aliphatic rings. The third-order valence-electron chi connectivity index (χ3n) is 4.32. The lowest BCUT2D eigenvalue weighted by molar-refractivity contribution is -0.0138. The number of halogens is 1. The summed E-state index contributed by atoms with van der Waals surface area (Å²) < 4.78 is 5.54. The summed E-state index contributed by atoms with van der Waals surface area (Å²) in [4.78, 5) is 7.18. The lowest BCUT2D eigenvalue weighted by atomic mass is 9.88. The van der Waals surface area contributed by atoms with Crippen molar-refractivity contribution >= 4 is 29.9 Å². The summed E-state index contributed by atoms with van der Waals surface area (Å²) in [7, 11) is 0. The lowest BCUT2D eigenvalue weighted by Gasteiger charge is -2.43. The first-order valence-corrected chi connectivity index (χ1v) is 7.63. The molecule has 0 spiro atoms. The molecule has 0 aromatic heterocycles. The number of nitrogens with zero attached hydrogens (tertiary/aromatic N) is 2. The fraction of sp³-hybridized carbons (Fsp3) is 0.800. The van der Waals surface area contributed by atoms with Gasteiger partial charge in [0.1, 0.15) is 0 Å². The fourth-order valence-corrected chi connectivity index (χ4v) is 3.05. The Morgan fingerprint density at radius 2 is 1.95 bits per heavy atom. The molecule has 0 saturated carbocycles. The molecule has 5 nitrogen and oxygen atoms in total. The zero-order valence-corrected chi connectivity index (χ0v) is 15.4. The molecule has 2 heterocycles. The van der Waals surface area contributed by atoms with Crippen molar-refractivity contribution in [3.8, 4) is 0 Å². The van der Waals surface area contributed by atoms with Gasteiger partial charge in [0.2, 0.25) is 0 Å². The molecule has 3 N–H and O–H groups in total. The highest BCUT2D eigenvalue weighted by molar-refractivity contribution is 14.0. The molecule has 6 heteroatoms. The number of hydrogen-bond acceptors (Lipinski definition) is 3. The first kappa shape index (κ1) is 18.7. The molecule has 0 aromatic carbocycles. The Morgan fingerprint density at radius 3 is 2.52 bits per heavy atom. The highest BCUT2D eigenvalue weighted by Gasteiger charge is 2.39. The molecule has 2 fully saturated rings. The minimum Gasteiger partial charge on any atom is -0.381 e. The summed E-state index contributed by atoms with van der Waals surface area (Å²) in [6.45, 7) is 11.3. The molecule has 0 aliphatic carbocycles. The molecule has 2 saturated heterocycles. The van der Waals surface area contributed by atoms with E-state index in [0.717, 1.165) is 38.2 Å². The van der Waals surface area contributed by atoms with E-state index in [1.807, 2.05) is 6.92 Å². The molecule has 122 valence electrons. The smallest absolute Gasteiger partial charge is 0.188 e. The molecule has 2 aliphatic heterocycles. The number of nitrogens with one attached hydrogen (secondary N) is 1. The third kappa shape index (κ3) is 5.41. The van der Waals surface area contributed by atoms with Crippen molar-refractivity contribution in [3.05, 3.63) is 12.2 Å². The largest absolute Gasteiger partial charge is 0.381 e. The molecule has 0 aromatic rings. The van der Waals surface area contributed by atoms with Crippen LogP contribution in [0.4, 0.5) is 0 Å². The van der Waals surface area contributed by atoms with Crippen LogP contribution in [0.1, 0.15) is 32.6 Å². The highest BCUT2D eigenvalue weighted by Crippen LogP contribution is 2.31. The molecule has 0 radical (unpaired) electrons. The van der Waals surface area contributed by atoms with Gasteiger partial charge in [-0.1, -0.05) is 12.2 Å². The van der Waals surface area contributed by atoms with E-state index >= 15 is 0 Å².